The summed E-state index contributed by atoms with van der Waals surface area (Å²) in [7, 11) is 0. The lowest BCUT2D eigenvalue weighted by atomic mass is 10.1. The van der Waals surface area contributed by atoms with E-state index in [1.165, 1.54) is 6.42 Å². The van der Waals surface area contributed by atoms with Crippen LogP contribution in [0.2, 0.25) is 0 Å². The first kappa shape index (κ1) is 18.0. The van der Waals surface area contributed by atoms with E-state index in [9.17, 15) is 0 Å². The third-order valence-electron chi connectivity index (χ3n) is 2.81. The number of nitrogens with one attached hydrogen (secondary N) is 3. The molecule has 0 saturated heterocycles. The summed E-state index contributed by atoms with van der Waals surface area (Å²) >= 11 is 0. The predicted molar refractivity (Wildman–Crippen MR) is 89.9 cm³/mol. The maximum absolute atomic E-state index is 4.56. The molecular formula is C13H29IN4. The first-order chi connectivity index (χ1) is 7.92. The molecule has 5 heteroatoms. The van der Waals surface area contributed by atoms with Crippen molar-refractivity contribution in [3.05, 3.63) is 0 Å². The van der Waals surface area contributed by atoms with E-state index in [1.54, 1.807) is 0 Å². The van der Waals surface area contributed by atoms with Crippen LogP contribution in [0.1, 0.15) is 41.0 Å². The summed E-state index contributed by atoms with van der Waals surface area (Å²) in [6.07, 6.45) is 1.27. The molecule has 4 nitrogen and oxygen atoms in total. The minimum absolute atomic E-state index is 0. The van der Waals surface area contributed by atoms with E-state index < -0.39 is 0 Å². The van der Waals surface area contributed by atoms with Gasteiger partial charge in [-0.25, -0.2) is 0 Å². The van der Waals surface area contributed by atoms with E-state index in [0.29, 0.717) is 6.04 Å². The zero-order chi connectivity index (χ0) is 12.9. The molecule has 3 N–H and O–H groups in total. The average molecular weight is 368 g/mol. The SMILES string of the molecule is CCNC(=NCCNC(C)(C)C)NC1CC1C.I. The van der Waals surface area contributed by atoms with Crippen molar-refractivity contribution in [3.8, 4) is 0 Å². The lowest BCUT2D eigenvalue weighted by molar-refractivity contribution is 0.432. The number of rotatable bonds is 5. The van der Waals surface area contributed by atoms with Crippen LogP contribution in [0.25, 0.3) is 0 Å². The molecule has 0 heterocycles. The summed E-state index contributed by atoms with van der Waals surface area (Å²) < 4.78 is 0. The smallest absolute Gasteiger partial charge is 0.191 e. The fourth-order valence-corrected chi connectivity index (χ4v) is 1.62. The van der Waals surface area contributed by atoms with Gasteiger partial charge in [-0.05, 0) is 40.0 Å². The van der Waals surface area contributed by atoms with Crippen molar-refractivity contribution in [1.29, 1.82) is 0 Å². The van der Waals surface area contributed by atoms with Crippen LogP contribution in [0.5, 0.6) is 0 Å². The highest BCUT2D eigenvalue weighted by atomic mass is 127. The van der Waals surface area contributed by atoms with Crippen LogP contribution < -0.4 is 16.0 Å². The van der Waals surface area contributed by atoms with Gasteiger partial charge in [-0.3, -0.25) is 4.99 Å². The molecular weight excluding hydrogens is 339 g/mol. The third-order valence-corrected chi connectivity index (χ3v) is 2.81. The lowest BCUT2D eigenvalue weighted by Crippen LogP contribution is -2.41. The van der Waals surface area contributed by atoms with Gasteiger partial charge in [0, 0.05) is 24.7 Å². The Bertz CT molecular complexity index is 260. The fraction of sp³-hybridized carbons (Fsp3) is 0.923. The normalized spacial score (nSPS) is 23.3. The number of guanidine groups is 1. The fourth-order valence-electron chi connectivity index (χ4n) is 1.62. The molecule has 1 aliphatic carbocycles. The van der Waals surface area contributed by atoms with Gasteiger partial charge in [0.25, 0.3) is 0 Å². The molecule has 2 unspecified atom stereocenters. The van der Waals surface area contributed by atoms with Gasteiger partial charge < -0.3 is 16.0 Å². The summed E-state index contributed by atoms with van der Waals surface area (Å²) in [5.41, 5.74) is 0.173. The van der Waals surface area contributed by atoms with Crippen LogP contribution in [0.4, 0.5) is 0 Å². The molecule has 18 heavy (non-hydrogen) atoms. The molecule has 1 aliphatic rings. The highest BCUT2D eigenvalue weighted by molar-refractivity contribution is 14.0. The van der Waals surface area contributed by atoms with Gasteiger partial charge in [-0.15, -0.1) is 24.0 Å². The molecule has 0 spiro atoms. The molecule has 0 aliphatic heterocycles. The first-order valence-corrected chi connectivity index (χ1v) is 6.72. The van der Waals surface area contributed by atoms with Gasteiger partial charge in [-0.1, -0.05) is 6.92 Å². The van der Waals surface area contributed by atoms with Crippen LogP contribution in [-0.2, 0) is 0 Å². The number of halogens is 1. The van der Waals surface area contributed by atoms with Crippen molar-refractivity contribution >= 4 is 29.9 Å². The molecule has 2 atom stereocenters. The van der Waals surface area contributed by atoms with E-state index >= 15 is 0 Å². The monoisotopic (exact) mass is 368 g/mol. The van der Waals surface area contributed by atoms with Gasteiger partial charge in [0.2, 0.25) is 0 Å². The standard InChI is InChI=1S/C13H28N4.HI/c1-6-14-12(17-11-9-10(11)2)15-7-8-16-13(3,4)5;/h10-11,16H,6-9H2,1-5H3,(H2,14,15,17);1H. The van der Waals surface area contributed by atoms with Crippen LogP contribution in [0.15, 0.2) is 4.99 Å². The Labute approximate surface area is 129 Å². The Balaban J connectivity index is 0.00000289. The minimum Gasteiger partial charge on any atom is -0.357 e. The van der Waals surface area contributed by atoms with E-state index in [4.69, 9.17) is 0 Å². The molecule has 0 aromatic rings. The quantitative estimate of drug-likeness (QED) is 0.301. The maximum atomic E-state index is 4.56. The highest BCUT2D eigenvalue weighted by Crippen LogP contribution is 2.28. The molecule has 0 amide bonds. The number of aliphatic imine (C=N–C) groups is 1. The predicted octanol–water partition coefficient (Wildman–Crippen LogP) is 1.96. The molecule has 0 aromatic carbocycles. The van der Waals surface area contributed by atoms with Crippen molar-refractivity contribution in [2.75, 3.05) is 19.6 Å². The van der Waals surface area contributed by atoms with Gasteiger partial charge in [0.1, 0.15) is 0 Å². The second-order valence-corrected chi connectivity index (χ2v) is 5.90. The summed E-state index contributed by atoms with van der Waals surface area (Å²) in [6, 6.07) is 0.628. The molecule has 1 fully saturated rings. The first-order valence-electron chi connectivity index (χ1n) is 6.72. The van der Waals surface area contributed by atoms with Gasteiger partial charge in [0.15, 0.2) is 5.96 Å². The second-order valence-electron chi connectivity index (χ2n) is 5.90. The average Bonchev–Trinajstić information content (AvgIpc) is 2.88. The Hall–Kier alpha value is -0.0400. The van der Waals surface area contributed by atoms with Crippen LogP contribution >= 0.6 is 24.0 Å². The number of hydrogen-bond donors (Lipinski definition) is 3. The molecule has 0 radical (unpaired) electrons. The van der Waals surface area contributed by atoms with E-state index in [2.05, 4.69) is 55.6 Å². The van der Waals surface area contributed by atoms with E-state index in [1.807, 2.05) is 0 Å². The molecule has 108 valence electrons. The van der Waals surface area contributed by atoms with Crippen LogP contribution in [0.3, 0.4) is 0 Å². The summed E-state index contributed by atoms with van der Waals surface area (Å²) in [5, 5.41) is 10.2. The van der Waals surface area contributed by atoms with Gasteiger partial charge in [-0.2, -0.15) is 0 Å². The minimum atomic E-state index is 0. The van der Waals surface area contributed by atoms with Crippen molar-refractivity contribution in [2.24, 2.45) is 10.9 Å². The zero-order valence-electron chi connectivity index (χ0n) is 12.3. The third kappa shape index (κ3) is 8.13. The molecule has 1 saturated carbocycles. The van der Waals surface area contributed by atoms with Crippen molar-refractivity contribution in [3.63, 3.8) is 0 Å². The summed E-state index contributed by atoms with van der Waals surface area (Å²) in [4.78, 5) is 4.56. The van der Waals surface area contributed by atoms with Crippen LogP contribution in [0, 0.1) is 5.92 Å². The highest BCUT2D eigenvalue weighted by Gasteiger charge is 2.33. The van der Waals surface area contributed by atoms with Crippen molar-refractivity contribution < 1.29 is 0 Å². The Kier molecular flexibility index (Phi) is 8.18. The molecule has 0 aromatic heterocycles. The van der Waals surface area contributed by atoms with Crippen molar-refractivity contribution in [1.82, 2.24) is 16.0 Å². The van der Waals surface area contributed by atoms with E-state index in [-0.39, 0.29) is 29.5 Å². The molecule has 0 bridgehead atoms. The summed E-state index contributed by atoms with van der Waals surface area (Å²) in [6.45, 7) is 13.5. The Morgan fingerprint density at radius 1 is 1.33 bits per heavy atom. The maximum Gasteiger partial charge on any atom is 0.191 e. The number of nitrogens with zero attached hydrogens (tertiary/aromatic N) is 1. The topological polar surface area (TPSA) is 48.5 Å². The molecule has 1 rings (SSSR count). The van der Waals surface area contributed by atoms with E-state index in [0.717, 1.165) is 31.5 Å². The summed E-state index contributed by atoms with van der Waals surface area (Å²) in [5.74, 6) is 1.75. The van der Waals surface area contributed by atoms with Crippen LogP contribution in [-0.4, -0.2) is 37.2 Å². The Morgan fingerprint density at radius 2 is 1.94 bits per heavy atom. The Morgan fingerprint density at radius 3 is 2.39 bits per heavy atom. The largest absolute Gasteiger partial charge is 0.357 e. The van der Waals surface area contributed by atoms with Crippen molar-refractivity contribution in [2.45, 2.75) is 52.6 Å². The van der Waals surface area contributed by atoms with Gasteiger partial charge in [0.05, 0.1) is 6.54 Å². The zero-order valence-corrected chi connectivity index (χ0v) is 14.7. The number of hydrogen-bond acceptors (Lipinski definition) is 2. The lowest BCUT2D eigenvalue weighted by Gasteiger charge is -2.20. The van der Waals surface area contributed by atoms with Gasteiger partial charge >= 0.3 is 0 Å². The second kappa shape index (κ2) is 8.19.